The van der Waals surface area contributed by atoms with E-state index < -0.39 is 0 Å². The number of nitrogen functional groups attached to an aromatic ring is 1. The molecule has 2 aromatic carbocycles. The predicted octanol–water partition coefficient (Wildman–Crippen LogP) is 2.62. The van der Waals surface area contributed by atoms with Crippen molar-refractivity contribution in [3.63, 3.8) is 0 Å². The molecule has 1 heterocycles. The van der Waals surface area contributed by atoms with Gasteiger partial charge in [-0.25, -0.2) is 0 Å². The lowest BCUT2D eigenvalue weighted by Gasteiger charge is -2.01. The number of nitrogens with zero attached hydrogens (tertiary/aromatic N) is 2. The number of anilines is 1. The molecule has 5 nitrogen and oxygen atoms in total. The molecule has 0 aliphatic rings. The van der Waals surface area contributed by atoms with Crippen LogP contribution in [0.5, 0.6) is 5.75 Å². The minimum absolute atomic E-state index is 0.0394. The maximum Gasteiger partial charge on any atom is 0.261 e. The van der Waals surface area contributed by atoms with E-state index in [-0.39, 0.29) is 17.3 Å². The van der Waals surface area contributed by atoms with Crippen LogP contribution in [0.25, 0.3) is 11.5 Å². The quantitative estimate of drug-likeness (QED) is 0.562. The standard InChI is InChI=1S/C15H13N3O2/c16-12-8-4-7-11(14(12)19)15-17-13(18-20-15)9-10-5-2-1-3-6-10/h1-8,19H,9,16H2. The first-order valence-electron chi connectivity index (χ1n) is 6.18. The molecule has 3 rings (SSSR count). The second kappa shape index (κ2) is 5.05. The Hall–Kier alpha value is -2.82. The van der Waals surface area contributed by atoms with Gasteiger partial charge in [-0.1, -0.05) is 41.6 Å². The van der Waals surface area contributed by atoms with Crippen molar-refractivity contribution < 1.29 is 9.63 Å². The summed E-state index contributed by atoms with van der Waals surface area (Å²) in [5.74, 6) is 0.788. The molecule has 1 aromatic heterocycles. The van der Waals surface area contributed by atoms with Crippen molar-refractivity contribution in [3.05, 3.63) is 59.9 Å². The molecule has 0 aliphatic carbocycles. The van der Waals surface area contributed by atoms with Crippen molar-refractivity contribution in [2.24, 2.45) is 0 Å². The van der Waals surface area contributed by atoms with E-state index in [4.69, 9.17) is 10.3 Å². The summed E-state index contributed by atoms with van der Waals surface area (Å²) in [7, 11) is 0. The Morgan fingerprint density at radius 3 is 2.65 bits per heavy atom. The number of aromatic nitrogens is 2. The van der Waals surface area contributed by atoms with E-state index in [1.807, 2.05) is 30.3 Å². The van der Waals surface area contributed by atoms with Gasteiger partial charge >= 0.3 is 0 Å². The van der Waals surface area contributed by atoms with E-state index in [9.17, 15) is 5.11 Å². The van der Waals surface area contributed by atoms with Gasteiger partial charge in [0.15, 0.2) is 11.6 Å². The van der Waals surface area contributed by atoms with Crippen LogP contribution in [0.1, 0.15) is 11.4 Å². The Morgan fingerprint density at radius 1 is 1.05 bits per heavy atom. The Kier molecular flexibility index (Phi) is 3.09. The van der Waals surface area contributed by atoms with E-state index >= 15 is 0 Å². The highest BCUT2D eigenvalue weighted by Crippen LogP contribution is 2.32. The molecule has 0 spiro atoms. The monoisotopic (exact) mass is 267 g/mol. The van der Waals surface area contributed by atoms with Crippen molar-refractivity contribution in [1.82, 2.24) is 10.1 Å². The van der Waals surface area contributed by atoms with Crippen molar-refractivity contribution in [2.45, 2.75) is 6.42 Å². The Morgan fingerprint density at radius 2 is 1.85 bits per heavy atom. The zero-order chi connectivity index (χ0) is 13.9. The predicted molar refractivity (Wildman–Crippen MR) is 75.1 cm³/mol. The van der Waals surface area contributed by atoms with Crippen LogP contribution < -0.4 is 5.73 Å². The molecule has 0 bridgehead atoms. The highest BCUT2D eigenvalue weighted by molar-refractivity contribution is 5.71. The summed E-state index contributed by atoms with van der Waals surface area (Å²) in [5, 5.41) is 13.8. The first kappa shape index (κ1) is 12.2. The normalized spacial score (nSPS) is 10.6. The van der Waals surface area contributed by atoms with Crippen LogP contribution in [0.15, 0.2) is 53.1 Å². The van der Waals surface area contributed by atoms with Gasteiger partial charge in [-0.3, -0.25) is 0 Å². The van der Waals surface area contributed by atoms with Crippen molar-refractivity contribution >= 4 is 5.69 Å². The van der Waals surface area contributed by atoms with E-state index in [1.165, 1.54) is 0 Å². The molecule has 0 fully saturated rings. The van der Waals surface area contributed by atoms with Gasteiger partial charge in [0, 0.05) is 6.42 Å². The zero-order valence-electron chi connectivity index (χ0n) is 10.7. The molecule has 3 N–H and O–H groups in total. The number of nitrogens with two attached hydrogens (primary N) is 1. The van der Waals surface area contributed by atoms with Crippen LogP contribution in [0, 0.1) is 0 Å². The first-order valence-corrected chi connectivity index (χ1v) is 6.18. The molecular formula is C15H13N3O2. The largest absolute Gasteiger partial charge is 0.505 e. The molecule has 0 radical (unpaired) electrons. The fraction of sp³-hybridized carbons (Fsp3) is 0.0667. The highest BCUT2D eigenvalue weighted by Gasteiger charge is 2.14. The van der Waals surface area contributed by atoms with Gasteiger partial charge in [0.1, 0.15) is 0 Å². The summed E-state index contributed by atoms with van der Waals surface area (Å²) in [4.78, 5) is 4.28. The van der Waals surface area contributed by atoms with Crippen molar-refractivity contribution in [1.29, 1.82) is 0 Å². The molecular weight excluding hydrogens is 254 g/mol. The number of hydrogen-bond acceptors (Lipinski definition) is 5. The summed E-state index contributed by atoms with van der Waals surface area (Å²) in [5.41, 5.74) is 7.47. The lowest BCUT2D eigenvalue weighted by atomic mass is 10.1. The summed E-state index contributed by atoms with van der Waals surface area (Å²) in [6.45, 7) is 0. The van der Waals surface area contributed by atoms with Crippen molar-refractivity contribution in [3.8, 4) is 17.2 Å². The van der Waals surface area contributed by atoms with Gasteiger partial charge in [-0.05, 0) is 17.7 Å². The van der Waals surface area contributed by atoms with Gasteiger partial charge < -0.3 is 15.4 Å². The maximum absolute atomic E-state index is 9.90. The van der Waals surface area contributed by atoms with Crippen LogP contribution in [-0.4, -0.2) is 15.2 Å². The number of phenolic OH excluding ortho intramolecular Hbond substituents is 1. The molecule has 0 atom stereocenters. The van der Waals surface area contributed by atoms with Gasteiger partial charge in [0.25, 0.3) is 5.89 Å². The molecule has 20 heavy (non-hydrogen) atoms. The van der Waals surface area contributed by atoms with Crippen LogP contribution in [0.4, 0.5) is 5.69 Å². The molecule has 5 heteroatoms. The van der Waals surface area contributed by atoms with Crippen molar-refractivity contribution in [2.75, 3.05) is 5.73 Å². The molecule has 100 valence electrons. The fourth-order valence-corrected chi connectivity index (χ4v) is 1.95. The minimum Gasteiger partial charge on any atom is -0.505 e. The summed E-state index contributed by atoms with van der Waals surface area (Å²) in [6, 6.07) is 14.9. The van der Waals surface area contributed by atoms with E-state index in [2.05, 4.69) is 10.1 Å². The number of para-hydroxylation sites is 1. The zero-order valence-corrected chi connectivity index (χ0v) is 10.7. The summed E-state index contributed by atoms with van der Waals surface area (Å²) >= 11 is 0. The third kappa shape index (κ3) is 2.33. The summed E-state index contributed by atoms with van der Waals surface area (Å²) in [6.07, 6.45) is 0.577. The highest BCUT2D eigenvalue weighted by atomic mass is 16.5. The smallest absolute Gasteiger partial charge is 0.261 e. The third-order valence-corrected chi connectivity index (χ3v) is 2.97. The summed E-state index contributed by atoms with van der Waals surface area (Å²) < 4.78 is 5.18. The Bertz CT molecular complexity index is 723. The maximum atomic E-state index is 9.90. The van der Waals surface area contributed by atoms with Gasteiger partial charge in [-0.2, -0.15) is 4.98 Å². The van der Waals surface area contributed by atoms with Crippen LogP contribution in [0.3, 0.4) is 0 Å². The van der Waals surface area contributed by atoms with Crippen LogP contribution >= 0.6 is 0 Å². The van der Waals surface area contributed by atoms with E-state index in [0.717, 1.165) is 5.56 Å². The molecule has 3 aromatic rings. The number of benzene rings is 2. The number of rotatable bonds is 3. The topological polar surface area (TPSA) is 85.2 Å². The van der Waals surface area contributed by atoms with Crippen LogP contribution in [-0.2, 0) is 6.42 Å². The molecule has 0 aliphatic heterocycles. The molecule has 0 amide bonds. The Balaban J connectivity index is 1.89. The fourth-order valence-electron chi connectivity index (χ4n) is 1.95. The average Bonchev–Trinajstić information content (AvgIpc) is 2.91. The second-order valence-corrected chi connectivity index (χ2v) is 4.42. The SMILES string of the molecule is Nc1cccc(-c2nc(Cc3ccccc3)no2)c1O. The molecule has 0 saturated carbocycles. The lowest BCUT2D eigenvalue weighted by Crippen LogP contribution is -1.91. The first-order chi connectivity index (χ1) is 9.74. The van der Waals surface area contributed by atoms with Gasteiger partial charge in [-0.15, -0.1) is 0 Å². The van der Waals surface area contributed by atoms with E-state index in [0.29, 0.717) is 17.8 Å². The Labute approximate surface area is 115 Å². The number of hydrogen-bond donors (Lipinski definition) is 2. The second-order valence-electron chi connectivity index (χ2n) is 4.42. The number of phenols is 1. The molecule has 0 unspecified atom stereocenters. The number of aromatic hydroxyl groups is 1. The molecule has 0 saturated heterocycles. The van der Waals surface area contributed by atoms with Gasteiger partial charge in [0.05, 0.1) is 11.3 Å². The van der Waals surface area contributed by atoms with Gasteiger partial charge in [0.2, 0.25) is 0 Å². The average molecular weight is 267 g/mol. The lowest BCUT2D eigenvalue weighted by molar-refractivity contribution is 0.419. The third-order valence-electron chi connectivity index (χ3n) is 2.97. The minimum atomic E-state index is -0.0394. The van der Waals surface area contributed by atoms with Crippen LogP contribution in [0.2, 0.25) is 0 Å². The van der Waals surface area contributed by atoms with E-state index in [1.54, 1.807) is 18.2 Å².